The smallest absolute Gasteiger partial charge is 0.277 e. The molecule has 35 heavy (non-hydrogen) atoms. The Kier molecular flexibility index (Phi) is 7.76. The summed E-state index contributed by atoms with van der Waals surface area (Å²) in [5.74, 6) is 1.45. The van der Waals surface area contributed by atoms with Crippen LogP contribution in [0.25, 0.3) is 0 Å². The van der Waals surface area contributed by atoms with Crippen molar-refractivity contribution in [1.29, 1.82) is 0 Å². The summed E-state index contributed by atoms with van der Waals surface area (Å²) < 4.78 is 17.0. The van der Waals surface area contributed by atoms with Crippen LogP contribution >= 0.6 is 0 Å². The predicted octanol–water partition coefficient (Wildman–Crippen LogP) is 3.45. The summed E-state index contributed by atoms with van der Waals surface area (Å²) in [6.07, 6.45) is 2.48. The van der Waals surface area contributed by atoms with E-state index in [2.05, 4.69) is 29.2 Å². The van der Waals surface area contributed by atoms with Gasteiger partial charge in [-0.25, -0.2) is 0 Å². The second-order valence-electron chi connectivity index (χ2n) is 9.98. The molecular weight excluding hydrogens is 448 g/mol. The fourth-order valence-electron chi connectivity index (χ4n) is 4.48. The number of carbonyl (C=O) groups is 2. The van der Waals surface area contributed by atoms with Crippen molar-refractivity contribution in [2.75, 3.05) is 45.7 Å². The predicted molar refractivity (Wildman–Crippen MR) is 132 cm³/mol. The fraction of sp³-hybridized carbons (Fsp3) is 0.577. The number of nitrogens with one attached hydrogen (secondary N) is 1. The minimum absolute atomic E-state index is 0.0973. The Morgan fingerprint density at radius 2 is 2.00 bits per heavy atom. The largest absolute Gasteiger partial charge is 0.491 e. The quantitative estimate of drug-likeness (QED) is 0.694. The number of carbonyl (C=O) groups excluding carboxylic acids is 2. The minimum atomic E-state index is -0.408. The van der Waals surface area contributed by atoms with E-state index in [9.17, 15) is 9.59 Å². The van der Waals surface area contributed by atoms with Crippen molar-refractivity contribution in [3.05, 3.63) is 41.3 Å². The van der Waals surface area contributed by atoms with Gasteiger partial charge in [0.1, 0.15) is 18.1 Å². The molecule has 2 amide bonds. The van der Waals surface area contributed by atoms with E-state index in [1.807, 2.05) is 0 Å². The van der Waals surface area contributed by atoms with Gasteiger partial charge in [0.15, 0.2) is 5.69 Å². The molecule has 4 rings (SSSR count). The fourth-order valence-corrected chi connectivity index (χ4v) is 4.48. The lowest BCUT2D eigenvalue weighted by molar-refractivity contribution is 0.00994. The zero-order valence-electron chi connectivity index (χ0n) is 21.2. The topological polar surface area (TPSA) is 97.1 Å². The van der Waals surface area contributed by atoms with Crippen LogP contribution in [0.15, 0.2) is 28.8 Å². The number of amides is 2. The first-order chi connectivity index (χ1) is 16.7. The Morgan fingerprint density at radius 1 is 1.23 bits per heavy atom. The molecule has 1 fully saturated rings. The van der Waals surface area contributed by atoms with Crippen molar-refractivity contribution >= 4 is 17.5 Å². The molecule has 0 bridgehead atoms. The number of aryl methyl sites for hydroxylation is 1. The first kappa shape index (κ1) is 25.2. The Balaban J connectivity index is 1.60. The van der Waals surface area contributed by atoms with Crippen LogP contribution in [0.2, 0.25) is 0 Å². The summed E-state index contributed by atoms with van der Waals surface area (Å²) in [6, 6.07) is 6.88. The number of rotatable bonds is 5. The molecule has 1 aromatic heterocycles. The summed E-state index contributed by atoms with van der Waals surface area (Å²) in [4.78, 5) is 30.2. The molecular formula is C26H36N4O5. The second kappa shape index (κ2) is 10.8. The first-order valence-corrected chi connectivity index (χ1v) is 12.3. The normalized spacial score (nSPS) is 24.2. The molecule has 9 heteroatoms. The van der Waals surface area contributed by atoms with Gasteiger partial charge in [-0.1, -0.05) is 12.1 Å². The number of anilines is 1. The molecule has 190 valence electrons. The third kappa shape index (κ3) is 6.21. The number of hydrogen-bond acceptors (Lipinski definition) is 7. The van der Waals surface area contributed by atoms with Gasteiger partial charge in [-0.2, -0.15) is 0 Å². The second-order valence-corrected chi connectivity index (χ2v) is 9.98. The van der Waals surface area contributed by atoms with E-state index in [0.717, 1.165) is 19.0 Å². The number of fused-ring (bicyclic) bond motifs is 1. The zero-order valence-corrected chi connectivity index (χ0v) is 21.2. The molecule has 1 aliphatic carbocycles. The van der Waals surface area contributed by atoms with Gasteiger partial charge in [0.05, 0.1) is 11.7 Å². The summed E-state index contributed by atoms with van der Waals surface area (Å²) in [6.45, 7) is 8.93. The molecule has 0 unspecified atom stereocenters. The lowest BCUT2D eigenvalue weighted by Gasteiger charge is -2.36. The van der Waals surface area contributed by atoms with Crippen molar-refractivity contribution in [2.24, 2.45) is 11.8 Å². The third-order valence-corrected chi connectivity index (χ3v) is 6.88. The van der Waals surface area contributed by atoms with Gasteiger partial charge < -0.3 is 24.2 Å². The highest BCUT2D eigenvalue weighted by molar-refractivity contribution is 6.04. The maximum atomic E-state index is 13.5. The van der Waals surface area contributed by atoms with Gasteiger partial charge in [-0.05, 0) is 56.7 Å². The van der Waals surface area contributed by atoms with Crippen LogP contribution in [0.5, 0.6) is 5.75 Å². The van der Waals surface area contributed by atoms with Crippen LogP contribution in [0.4, 0.5) is 5.69 Å². The van der Waals surface area contributed by atoms with E-state index in [-0.39, 0.29) is 29.7 Å². The Morgan fingerprint density at radius 3 is 2.66 bits per heavy atom. The first-order valence-electron chi connectivity index (χ1n) is 12.3. The van der Waals surface area contributed by atoms with E-state index in [1.165, 1.54) is 12.8 Å². The van der Waals surface area contributed by atoms with Gasteiger partial charge >= 0.3 is 0 Å². The summed E-state index contributed by atoms with van der Waals surface area (Å²) >= 11 is 0. The number of benzene rings is 1. The molecule has 1 N–H and O–H groups in total. The average molecular weight is 485 g/mol. The molecule has 0 saturated heterocycles. The number of ether oxygens (including phenoxy) is 2. The number of likely N-dealkylation sites (N-methyl/N-ethyl adjacent to an activating group) is 1. The summed E-state index contributed by atoms with van der Waals surface area (Å²) in [5, 5.41) is 6.55. The van der Waals surface area contributed by atoms with Crippen LogP contribution in [0.3, 0.4) is 0 Å². The molecule has 0 radical (unpaired) electrons. The van der Waals surface area contributed by atoms with Crippen molar-refractivity contribution in [3.63, 3.8) is 0 Å². The molecule has 9 nitrogen and oxygen atoms in total. The molecule has 2 aliphatic rings. The number of hydrogen-bond donors (Lipinski definition) is 1. The molecule has 1 aromatic carbocycles. The van der Waals surface area contributed by atoms with Gasteiger partial charge in [0.2, 0.25) is 0 Å². The van der Waals surface area contributed by atoms with Crippen LogP contribution in [-0.2, 0) is 4.74 Å². The average Bonchev–Trinajstić information content (AvgIpc) is 3.55. The van der Waals surface area contributed by atoms with Crippen molar-refractivity contribution in [1.82, 2.24) is 15.0 Å². The number of nitrogens with zero attached hydrogens (tertiary/aromatic N) is 3. The van der Waals surface area contributed by atoms with Crippen LogP contribution < -0.4 is 10.1 Å². The third-order valence-electron chi connectivity index (χ3n) is 6.88. The highest BCUT2D eigenvalue weighted by Crippen LogP contribution is 2.32. The highest BCUT2D eigenvalue weighted by atomic mass is 16.5. The maximum absolute atomic E-state index is 13.5. The standard InChI is InChI=1S/C26H36N4O5/c1-16-12-30(13-19-6-7-19)17(2)15-34-23-9-8-20(27-25(31)22-10-18(3)35-28-22)11-21(23)26(32)29(4)14-24(16)33-5/h8-11,16-17,19,24H,6-7,12-15H2,1-5H3,(H,27,31)/t16-,17-,24-/m0/s1. The SMILES string of the molecule is CO[C@H]1CN(C)C(=O)c2cc(NC(=O)c3cc(C)on3)ccc2OC[C@H](C)N(CC2CC2)C[C@@H]1C. The highest BCUT2D eigenvalue weighted by Gasteiger charge is 2.31. The number of methoxy groups -OCH3 is 1. The lowest BCUT2D eigenvalue weighted by Crippen LogP contribution is -2.47. The maximum Gasteiger partial charge on any atom is 0.277 e. The number of aromatic nitrogens is 1. The monoisotopic (exact) mass is 484 g/mol. The van der Waals surface area contributed by atoms with Crippen LogP contribution in [0, 0.1) is 18.8 Å². The minimum Gasteiger partial charge on any atom is -0.491 e. The Hall–Kier alpha value is -2.91. The van der Waals surface area contributed by atoms with E-state index < -0.39 is 5.91 Å². The Bertz CT molecular complexity index is 1050. The van der Waals surface area contributed by atoms with Gasteiger partial charge in [0.25, 0.3) is 11.8 Å². The molecule has 1 aliphatic heterocycles. The summed E-state index contributed by atoms with van der Waals surface area (Å²) in [7, 11) is 3.47. The molecule has 0 spiro atoms. The van der Waals surface area contributed by atoms with Gasteiger partial charge in [-0.15, -0.1) is 0 Å². The molecule has 2 heterocycles. The van der Waals surface area contributed by atoms with E-state index in [4.69, 9.17) is 14.0 Å². The van der Waals surface area contributed by atoms with E-state index in [0.29, 0.717) is 35.9 Å². The van der Waals surface area contributed by atoms with Crippen LogP contribution in [-0.4, -0.2) is 79.3 Å². The summed E-state index contributed by atoms with van der Waals surface area (Å²) in [5.41, 5.74) is 1.05. The Labute approximate surface area is 206 Å². The molecule has 1 saturated carbocycles. The van der Waals surface area contributed by atoms with E-state index >= 15 is 0 Å². The molecule has 2 aromatic rings. The van der Waals surface area contributed by atoms with Gasteiger partial charge in [-0.3, -0.25) is 14.5 Å². The molecule has 3 atom stereocenters. The van der Waals surface area contributed by atoms with Crippen molar-refractivity contribution < 1.29 is 23.6 Å². The van der Waals surface area contributed by atoms with Crippen LogP contribution in [0.1, 0.15) is 53.3 Å². The van der Waals surface area contributed by atoms with Crippen molar-refractivity contribution in [3.8, 4) is 5.75 Å². The van der Waals surface area contributed by atoms with Gasteiger partial charge in [0, 0.05) is 51.6 Å². The lowest BCUT2D eigenvalue weighted by atomic mass is 10.0. The van der Waals surface area contributed by atoms with Crippen molar-refractivity contribution in [2.45, 2.75) is 45.8 Å². The zero-order chi connectivity index (χ0) is 25.1. The van der Waals surface area contributed by atoms with E-state index in [1.54, 1.807) is 50.2 Å².